The summed E-state index contributed by atoms with van der Waals surface area (Å²) < 4.78 is 0. The van der Waals surface area contributed by atoms with E-state index in [1.54, 1.807) is 0 Å². The molecule has 3 nitrogen and oxygen atoms in total. The summed E-state index contributed by atoms with van der Waals surface area (Å²) in [5.74, 6) is 1.17. The zero-order valence-corrected chi connectivity index (χ0v) is 12.6. The minimum absolute atomic E-state index is 0.625. The topological polar surface area (TPSA) is 28.2 Å². The van der Waals surface area contributed by atoms with Crippen LogP contribution < -0.4 is 10.2 Å². The van der Waals surface area contributed by atoms with E-state index in [-0.39, 0.29) is 0 Å². The number of piperidine rings is 1. The van der Waals surface area contributed by atoms with Crippen molar-refractivity contribution in [2.45, 2.75) is 59.0 Å². The first kappa shape index (κ1) is 14.3. The number of pyridine rings is 1. The summed E-state index contributed by atoms with van der Waals surface area (Å²) in [7, 11) is 0. The first-order valence-electron chi connectivity index (χ1n) is 7.65. The Labute approximate surface area is 117 Å². The Morgan fingerprint density at radius 1 is 1.37 bits per heavy atom. The van der Waals surface area contributed by atoms with Gasteiger partial charge in [-0.2, -0.15) is 0 Å². The Kier molecular flexibility index (Phi) is 5.20. The molecule has 1 fully saturated rings. The van der Waals surface area contributed by atoms with Crippen LogP contribution in [0.3, 0.4) is 0 Å². The molecule has 1 aromatic heterocycles. The van der Waals surface area contributed by atoms with Crippen LogP contribution in [0.4, 0.5) is 5.82 Å². The highest BCUT2D eigenvalue weighted by molar-refractivity contribution is 5.44. The number of hydrogen-bond donors (Lipinski definition) is 1. The molecule has 1 atom stereocenters. The number of hydrogen-bond acceptors (Lipinski definition) is 3. The van der Waals surface area contributed by atoms with Crippen molar-refractivity contribution >= 4 is 5.82 Å². The smallest absolute Gasteiger partial charge is 0.129 e. The molecule has 106 valence electrons. The van der Waals surface area contributed by atoms with Crippen molar-refractivity contribution in [3.8, 4) is 0 Å². The normalized spacial score (nSPS) is 19.7. The van der Waals surface area contributed by atoms with Gasteiger partial charge in [-0.05, 0) is 63.8 Å². The summed E-state index contributed by atoms with van der Waals surface area (Å²) in [6.07, 6.45) is 5.12. The van der Waals surface area contributed by atoms with Gasteiger partial charge in [0.15, 0.2) is 0 Å². The first-order chi connectivity index (χ1) is 9.20. The van der Waals surface area contributed by atoms with Crippen molar-refractivity contribution in [2.24, 2.45) is 0 Å². The van der Waals surface area contributed by atoms with Crippen LogP contribution in [0.1, 0.15) is 50.8 Å². The van der Waals surface area contributed by atoms with Crippen molar-refractivity contribution in [1.29, 1.82) is 0 Å². The number of anilines is 1. The Morgan fingerprint density at radius 3 is 2.95 bits per heavy atom. The summed E-state index contributed by atoms with van der Waals surface area (Å²) >= 11 is 0. The lowest BCUT2D eigenvalue weighted by atomic mass is 10.0. The van der Waals surface area contributed by atoms with Gasteiger partial charge in [-0.1, -0.05) is 6.92 Å². The summed E-state index contributed by atoms with van der Waals surface area (Å²) in [5.41, 5.74) is 2.48. The summed E-state index contributed by atoms with van der Waals surface area (Å²) in [5, 5.41) is 3.47. The molecule has 0 amide bonds. The molecule has 1 aliphatic rings. The van der Waals surface area contributed by atoms with E-state index >= 15 is 0 Å². The molecular weight excluding hydrogens is 234 g/mol. The second-order valence-corrected chi connectivity index (χ2v) is 5.69. The van der Waals surface area contributed by atoms with Gasteiger partial charge in [0, 0.05) is 24.8 Å². The molecule has 0 saturated carbocycles. The Balaban J connectivity index is 2.11. The van der Waals surface area contributed by atoms with Gasteiger partial charge in [0.05, 0.1) is 0 Å². The fourth-order valence-electron chi connectivity index (χ4n) is 2.82. The molecule has 0 bridgehead atoms. The molecule has 2 heterocycles. The predicted octanol–water partition coefficient (Wildman–Crippen LogP) is 3.27. The monoisotopic (exact) mass is 261 g/mol. The van der Waals surface area contributed by atoms with E-state index in [9.17, 15) is 0 Å². The Bertz CT molecular complexity index is 403. The van der Waals surface area contributed by atoms with Crippen molar-refractivity contribution in [3.05, 3.63) is 23.4 Å². The zero-order valence-electron chi connectivity index (χ0n) is 12.6. The minimum atomic E-state index is 0.625. The third-order valence-electron chi connectivity index (χ3n) is 3.85. The number of rotatable bonds is 5. The highest BCUT2D eigenvalue weighted by Gasteiger charge is 2.19. The molecule has 0 aliphatic carbocycles. The number of aromatic nitrogens is 1. The molecule has 19 heavy (non-hydrogen) atoms. The van der Waals surface area contributed by atoms with Crippen molar-refractivity contribution < 1.29 is 0 Å². The second-order valence-electron chi connectivity index (χ2n) is 5.69. The molecule has 1 unspecified atom stereocenters. The molecule has 3 heteroatoms. The van der Waals surface area contributed by atoms with Gasteiger partial charge >= 0.3 is 0 Å². The van der Waals surface area contributed by atoms with Crippen LogP contribution in [0, 0.1) is 6.92 Å². The highest BCUT2D eigenvalue weighted by atomic mass is 15.2. The molecule has 1 N–H and O–H groups in total. The summed E-state index contributed by atoms with van der Waals surface area (Å²) in [6.45, 7) is 9.80. The van der Waals surface area contributed by atoms with Crippen LogP contribution in [-0.2, 0) is 6.54 Å². The number of nitrogens with one attached hydrogen (secondary N) is 1. The zero-order chi connectivity index (χ0) is 13.7. The highest BCUT2D eigenvalue weighted by Crippen LogP contribution is 2.24. The number of aryl methyl sites for hydroxylation is 1. The van der Waals surface area contributed by atoms with E-state index in [1.165, 1.54) is 37.1 Å². The lowest BCUT2D eigenvalue weighted by Gasteiger charge is -2.34. The van der Waals surface area contributed by atoms with Gasteiger partial charge in [0.25, 0.3) is 0 Å². The molecule has 1 aromatic rings. The maximum absolute atomic E-state index is 4.73. The van der Waals surface area contributed by atoms with E-state index in [0.29, 0.717) is 6.04 Å². The maximum Gasteiger partial charge on any atom is 0.129 e. The molecule has 1 aliphatic heterocycles. The maximum atomic E-state index is 4.73. The minimum Gasteiger partial charge on any atom is -0.354 e. The first-order valence-corrected chi connectivity index (χ1v) is 7.65. The van der Waals surface area contributed by atoms with E-state index in [4.69, 9.17) is 4.98 Å². The van der Waals surface area contributed by atoms with Gasteiger partial charge in [-0.25, -0.2) is 4.98 Å². The fourth-order valence-corrected chi connectivity index (χ4v) is 2.82. The molecular formula is C16H27N3. The van der Waals surface area contributed by atoms with Crippen LogP contribution in [0.15, 0.2) is 12.1 Å². The van der Waals surface area contributed by atoms with Gasteiger partial charge in [-0.15, -0.1) is 0 Å². The van der Waals surface area contributed by atoms with E-state index in [1.807, 2.05) is 0 Å². The molecule has 2 rings (SSSR count). The van der Waals surface area contributed by atoms with Crippen molar-refractivity contribution in [3.63, 3.8) is 0 Å². The Morgan fingerprint density at radius 2 is 2.21 bits per heavy atom. The van der Waals surface area contributed by atoms with Crippen LogP contribution >= 0.6 is 0 Å². The predicted molar refractivity (Wildman–Crippen MR) is 81.6 cm³/mol. The van der Waals surface area contributed by atoms with E-state index < -0.39 is 0 Å². The lowest BCUT2D eigenvalue weighted by molar-refractivity contribution is 0.480. The quantitative estimate of drug-likeness (QED) is 0.825. The summed E-state index contributed by atoms with van der Waals surface area (Å²) in [6, 6.07) is 5.08. The van der Waals surface area contributed by atoms with E-state index in [0.717, 1.165) is 25.3 Å². The van der Waals surface area contributed by atoms with Crippen molar-refractivity contribution in [2.75, 3.05) is 18.0 Å². The van der Waals surface area contributed by atoms with Crippen LogP contribution in [0.2, 0.25) is 0 Å². The van der Waals surface area contributed by atoms with Gasteiger partial charge in [0.2, 0.25) is 0 Å². The average molecular weight is 261 g/mol. The molecule has 0 aromatic carbocycles. The van der Waals surface area contributed by atoms with Gasteiger partial charge < -0.3 is 10.2 Å². The molecule has 0 spiro atoms. The Hall–Kier alpha value is -1.09. The fraction of sp³-hybridized carbons (Fsp3) is 0.688. The SMILES string of the molecule is CCCNCc1cc(C)nc(N2CCCCC2C)c1. The van der Waals surface area contributed by atoms with Crippen LogP contribution in [0.5, 0.6) is 0 Å². The van der Waals surface area contributed by atoms with E-state index in [2.05, 4.69) is 43.1 Å². The van der Waals surface area contributed by atoms with Gasteiger partial charge in [-0.3, -0.25) is 0 Å². The molecule has 0 radical (unpaired) electrons. The lowest BCUT2D eigenvalue weighted by Crippen LogP contribution is -2.38. The third kappa shape index (κ3) is 3.93. The average Bonchev–Trinajstić information content (AvgIpc) is 2.39. The molecule has 1 saturated heterocycles. The van der Waals surface area contributed by atoms with Crippen LogP contribution in [0.25, 0.3) is 0 Å². The second kappa shape index (κ2) is 6.90. The summed E-state index contributed by atoms with van der Waals surface area (Å²) in [4.78, 5) is 7.21. The van der Waals surface area contributed by atoms with Gasteiger partial charge in [0.1, 0.15) is 5.82 Å². The number of nitrogens with zero attached hydrogens (tertiary/aromatic N) is 2. The largest absolute Gasteiger partial charge is 0.354 e. The third-order valence-corrected chi connectivity index (χ3v) is 3.85. The van der Waals surface area contributed by atoms with Crippen LogP contribution in [-0.4, -0.2) is 24.1 Å². The standard InChI is InChI=1S/C16H27N3/c1-4-8-17-12-15-10-13(2)18-16(11-15)19-9-6-5-7-14(19)3/h10-11,14,17H,4-9,12H2,1-3H3. The van der Waals surface area contributed by atoms with Crippen molar-refractivity contribution in [1.82, 2.24) is 10.3 Å².